The van der Waals surface area contributed by atoms with Crippen molar-refractivity contribution in [1.29, 1.82) is 0 Å². The second-order valence-electron chi connectivity index (χ2n) is 3.88. The van der Waals surface area contributed by atoms with Crippen LogP contribution < -0.4 is 4.72 Å². The number of alkyl halides is 1. The molecular weight excluding hydrogens is 262 g/mol. The number of hydrogen-bond acceptors (Lipinski definition) is 3. The van der Waals surface area contributed by atoms with E-state index in [1.807, 2.05) is 6.92 Å². The van der Waals surface area contributed by atoms with Gasteiger partial charge in [0.2, 0.25) is 10.0 Å². The fourth-order valence-corrected chi connectivity index (χ4v) is 2.87. The van der Waals surface area contributed by atoms with Gasteiger partial charge in [0.05, 0.1) is 11.9 Å². The summed E-state index contributed by atoms with van der Waals surface area (Å²) in [5, 5.41) is 6.76. The first kappa shape index (κ1) is 14.5. The number of rotatable bonds is 8. The van der Waals surface area contributed by atoms with Gasteiger partial charge in [0.1, 0.15) is 0 Å². The van der Waals surface area contributed by atoms with Crippen molar-refractivity contribution in [1.82, 2.24) is 14.9 Å². The standard InChI is InChI=1S/C10H18ClN3O2S/c1-9-10(8-12-14-9)4-2-6-13-17(15,16)7-3-5-11/h8,13H,2-7H2,1H3,(H,12,14). The van der Waals surface area contributed by atoms with E-state index >= 15 is 0 Å². The summed E-state index contributed by atoms with van der Waals surface area (Å²) in [5.74, 6) is 0.469. The molecule has 5 nitrogen and oxygen atoms in total. The Labute approximate surface area is 107 Å². The summed E-state index contributed by atoms with van der Waals surface area (Å²) in [6, 6.07) is 0. The van der Waals surface area contributed by atoms with Crippen LogP contribution in [-0.2, 0) is 16.4 Å². The van der Waals surface area contributed by atoms with Crippen molar-refractivity contribution in [2.24, 2.45) is 0 Å². The molecule has 0 radical (unpaired) electrons. The number of hydrogen-bond donors (Lipinski definition) is 2. The average molecular weight is 280 g/mol. The molecule has 0 unspecified atom stereocenters. The summed E-state index contributed by atoms with van der Waals surface area (Å²) in [7, 11) is -3.15. The van der Waals surface area contributed by atoms with Crippen LogP contribution in [0.2, 0.25) is 0 Å². The monoisotopic (exact) mass is 279 g/mol. The molecule has 0 fully saturated rings. The van der Waals surface area contributed by atoms with Crippen LogP contribution in [0.3, 0.4) is 0 Å². The molecule has 0 aliphatic rings. The minimum atomic E-state index is -3.15. The maximum Gasteiger partial charge on any atom is 0.211 e. The first-order chi connectivity index (χ1) is 8.05. The van der Waals surface area contributed by atoms with Crippen molar-refractivity contribution in [3.63, 3.8) is 0 Å². The van der Waals surface area contributed by atoms with Crippen LogP contribution in [0.4, 0.5) is 0 Å². The van der Waals surface area contributed by atoms with Crippen LogP contribution in [0.25, 0.3) is 0 Å². The molecule has 98 valence electrons. The Kier molecular flexibility index (Phi) is 5.94. The van der Waals surface area contributed by atoms with Gasteiger partial charge in [-0.05, 0) is 31.7 Å². The van der Waals surface area contributed by atoms with Crippen LogP contribution in [0.1, 0.15) is 24.1 Å². The number of nitrogens with zero attached hydrogens (tertiary/aromatic N) is 1. The Morgan fingerprint density at radius 1 is 1.47 bits per heavy atom. The Bertz CT molecular complexity index is 431. The Balaban J connectivity index is 2.22. The molecule has 0 aliphatic heterocycles. The molecule has 1 rings (SSSR count). The highest BCUT2D eigenvalue weighted by Crippen LogP contribution is 2.05. The number of aryl methyl sites for hydroxylation is 2. The average Bonchev–Trinajstić information content (AvgIpc) is 2.68. The highest BCUT2D eigenvalue weighted by molar-refractivity contribution is 7.89. The van der Waals surface area contributed by atoms with Crippen molar-refractivity contribution in [2.75, 3.05) is 18.2 Å². The van der Waals surface area contributed by atoms with Crippen molar-refractivity contribution in [3.8, 4) is 0 Å². The fourth-order valence-electron chi connectivity index (χ4n) is 1.45. The van der Waals surface area contributed by atoms with Gasteiger partial charge in [-0.3, -0.25) is 5.10 Å². The smallest absolute Gasteiger partial charge is 0.211 e. The molecule has 0 spiro atoms. The third-order valence-corrected chi connectivity index (χ3v) is 4.16. The molecular formula is C10H18ClN3O2S. The van der Waals surface area contributed by atoms with E-state index in [0.717, 1.165) is 24.1 Å². The van der Waals surface area contributed by atoms with Crippen molar-refractivity contribution in [3.05, 3.63) is 17.5 Å². The number of aromatic amines is 1. The third-order valence-electron chi connectivity index (χ3n) is 2.43. The first-order valence-electron chi connectivity index (χ1n) is 5.57. The van der Waals surface area contributed by atoms with Crippen LogP contribution >= 0.6 is 11.6 Å². The normalized spacial score (nSPS) is 11.9. The van der Waals surface area contributed by atoms with Crippen LogP contribution in [0.5, 0.6) is 0 Å². The Morgan fingerprint density at radius 3 is 2.82 bits per heavy atom. The molecule has 0 aromatic carbocycles. The number of halogens is 1. The van der Waals surface area contributed by atoms with E-state index in [-0.39, 0.29) is 5.75 Å². The summed E-state index contributed by atoms with van der Waals surface area (Å²) in [6.45, 7) is 2.40. The highest BCUT2D eigenvalue weighted by atomic mass is 35.5. The largest absolute Gasteiger partial charge is 0.283 e. The van der Waals surface area contributed by atoms with Gasteiger partial charge >= 0.3 is 0 Å². The SMILES string of the molecule is Cc1[nH]ncc1CCCNS(=O)(=O)CCCCl. The number of nitrogens with one attached hydrogen (secondary N) is 2. The lowest BCUT2D eigenvalue weighted by Crippen LogP contribution is -2.27. The van der Waals surface area contributed by atoms with E-state index in [9.17, 15) is 8.42 Å². The molecule has 2 N–H and O–H groups in total. The van der Waals surface area contributed by atoms with Gasteiger partial charge < -0.3 is 0 Å². The molecule has 1 aromatic heterocycles. The summed E-state index contributed by atoms with van der Waals surface area (Å²) >= 11 is 5.45. The van der Waals surface area contributed by atoms with Crippen LogP contribution in [-0.4, -0.2) is 36.8 Å². The molecule has 0 atom stereocenters. The van der Waals surface area contributed by atoms with Gasteiger partial charge in [-0.25, -0.2) is 13.1 Å². The molecule has 1 heterocycles. The van der Waals surface area contributed by atoms with E-state index in [0.29, 0.717) is 18.8 Å². The van der Waals surface area contributed by atoms with Gasteiger partial charge in [-0.2, -0.15) is 5.10 Å². The zero-order valence-electron chi connectivity index (χ0n) is 9.87. The second-order valence-corrected chi connectivity index (χ2v) is 6.18. The maximum atomic E-state index is 11.4. The van der Waals surface area contributed by atoms with Crippen LogP contribution in [0, 0.1) is 6.92 Å². The number of sulfonamides is 1. The first-order valence-corrected chi connectivity index (χ1v) is 7.76. The summed E-state index contributed by atoms with van der Waals surface area (Å²) in [6.07, 6.45) is 3.84. The van der Waals surface area contributed by atoms with E-state index in [2.05, 4.69) is 14.9 Å². The topological polar surface area (TPSA) is 74.8 Å². The lowest BCUT2D eigenvalue weighted by molar-refractivity contribution is 0.577. The minimum Gasteiger partial charge on any atom is -0.283 e. The zero-order chi connectivity index (χ0) is 12.7. The van der Waals surface area contributed by atoms with Crippen molar-refractivity contribution in [2.45, 2.75) is 26.2 Å². The van der Waals surface area contributed by atoms with Gasteiger partial charge in [0.25, 0.3) is 0 Å². The van der Waals surface area contributed by atoms with Gasteiger partial charge in [-0.1, -0.05) is 0 Å². The molecule has 7 heteroatoms. The van der Waals surface area contributed by atoms with Crippen molar-refractivity contribution >= 4 is 21.6 Å². The Hall–Kier alpha value is -0.590. The van der Waals surface area contributed by atoms with E-state index in [4.69, 9.17) is 11.6 Å². The summed E-state index contributed by atoms with van der Waals surface area (Å²) in [5.41, 5.74) is 2.17. The van der Waals surface area contributed by atoms with E-state index in [1.54, 1.807) is 6.20 Å². The maximum absolute atomic E-state index is 11.4. The number of aromatic nitrogens is 2. The molecule has 0 saturated heterocycles. The lowest BCUT2D eigenvalue weighted by Gasteiger charge is -2.05. The summed E-state index contributed by atoms with van der Waals surface area (Å²) in [4.78, 5) is 0. The van der Waals surface area contributed by atoms with Crippen molar-refractivity contribution < 1.29 is 8.42 Å². The fraction of sp³-hybridized carbons (Fsp3) is 0.700. The molecule has 0 amide bonds. The molecule has 1 aromatic rings. The summed E-state index contributed by atoms with van der Waals surface area (Å²) < 4.78 is 25.4. The minimum absolute atomic E-state index is 0.0985. The van der Waals surface area contributed by atoms with Gasteiger partial charge in [-0.15, -0.1) is 11.6 Å². The second kappa shape index (κ2) is 6.98. The predicted octanol–water partition coefficient (Wildman–Crippen LogP) is 1.20. The van der Waals surface area contributed by atoms with Gasteiger partial charge in [0, 0.05) is 18.1 Å². The molecule has 0 saturated carbocycles. The van der Waals surface area contributed by atoms with E-state index < -0.39 is 10.0 Å². The predicted molar refractivity (Wildman–Crippen MR) is 68.8 cm³/mol. The molecule has 0 aliphatic carbocycles. The van der Waals surface area contributed by atoms with E-state index in [1.165, 1.54) is 0 Å². The lowest BCUT2D eigenvalue weighted by atomic mass is 10.1. The molecule has 0 bridgehead atoms. The zero-order valence-corrected chi connectivity index (χ0v) is 11.4. The van der Waals surface area contributed by atoms with Crippen LogP contribution in [0.15, 0.2) is 6.20 Å². The Morgan fingerprint density at radius 2 is 2.24 bits per heavy atom. The highest BCUT2D eigenvalue weighted by Gasteiger charge is 2.08. The third kappa shape index (κ3) is 5.52. The molecule has 17 heavy (non-hydrogen) atoms. The van der Waals surface area contributed by atoms with Gasteiger partial charge in [0.15, 0.2) is 0 Å². The number of H-pyrrole nitrogens is 1. The quantitative estimate of drug-likeness (QED) is 0.555.